The smallest absolute Gasteiger partial charge is 0.408 e. The maximum atomic E-state index is 15.3. The van der Waals surface area contributed by atoms with Crippen LogP contribution in [0.3, 0.4) is 0 Å². The molecule has 0 bridgehead atoms. The highest BCUT2D eigenvalue weighted by atomic mass is 32.2. The first-order chi connectivity index (χ1) is 26.6. The average Bonchev–Trinajstić information content (AvgIpc) is 4.04. The lowest BCUT2D eigenvalue weighted by Gasteiger charge is -2.33. The topological polar surface area (TPSA) is 171 Å². The second-order valence-electron chi connectivity index (χ2n) is 16.8. The van der Waals surface area contributed by atoms with E-state index in [0.717, 1.165) is 18.4 Å². The summed E-state index contributed by atoms with van der Waals surface area (Å²) in [6.07, 6.45) is 7.11. The average molecular weight is 792 g/mol. The van der Waals surface area contributed by atoms with Gasteiger partial charge in [0.15, 0.2) is 0 Å². The minimum Gasteiger partial charge on any atom is -0.444 e. The number of ether oxygens (including phenoxy) is 1. The number of nitrogens with one attached hydrogen (secondary N) is 3. The highest BCUT2D eigenvalue weighted by Gasteiger charge is 2.63. The Bertz CT molecular complexity index is 2030. The van der Waals surface area contributed by atoms with Crippen molar-refractivity contribution in [2.24, 2.45) is 17.8 Å². The zero-order valence-corrected chi connectivity index (χ0v) is 32.8. The number of benzene rings is 2. The summed E-state index contributed by atoms with van der Waals surface area (Å²) in [5.41, 5.74) is -1.03. The van der Waals surface area contributed by atoms with E-state index in [1.165, 1.54) is 21.9 Å². The van der Waals surface area contributed by atoms with E-state index in [-0.39, 0.29) is 38.0 Å². The molecule has 2 aliphatic carbocycles. The van der Waals surface area contributed by atoms with E-state index >= 15 is 4.39 Å². The summed E-state index contributed by atoms with van der Waals surface area (Å²) in [4.78, 5) is 73.0. The van der Waals surface area contributed by atoms with E-state index in [1.807, 2.05) is 42.5 Å². The van der Waals surface area contributed by atoms with Gasteiger partial charge >= 0.3 is 6.09 Å². The lowest BCUT2D eigenvalue weighted by Crippen LogP contribution is -2.60. The summed E-state index contributed by atoms with van der Waals surface area (Å²) in [5.74, 6) is -4.71. The number of hydrogen-bond donors (Lipinski definition) is 3. The molecule has 3 aliphatic heterocycles. The standard InChI is InChI=1S/C41H50FN5O8S/c1-40(2,3)55-39(52)43-33-15-11-6-4-5-10-14-28-21-41(28,38(51)45-56(53,54)29-17-18-29)44-35(48)34-31-24-46(22-27(31)23-47(34)37(33)50)36(49)30-20-26(16-19-32(30)42)25-12-8-7-9-13-25/h7-10,12-14,16,19-20,27-29,31,33-34H,4-6,11,15,17-18,21-24H2,1-3H3,(H,43,52)(H,44,48)(H,45,51)/b14-10-/t27-,28+,31-,33+,34-,41+/m0/s1. The predicted molar refractivity (Wildman–Crippen MR) is 205 cm³/mol. The predicted octanol–water partition coefficient (Wildman–Crippen LogP) is 4.29. The summed E-state index contributed by atoms with van der Waals surface area (Å²) in [6.45, 7) is 5.34. The van der Waals surface area contributed by atoms with Gasteiger partial charge in [-0.25, -0.2) is 17.6 Å². The highest BCUT2D eigenvalue weighted by molar-refractivity contribution is 7.91. The van der Waals surface area contributed by atoms with Gasteiger partial charge in [-0.2, -0.15) is 0 Å². The molecule has 2 aromatic carbocycles. The quantitative estimate of drug-likeness (QED) is 0.364. The lowest BCUT2D eigenvalue weighted by molar-refractivity contribution is -0.142. The zero-order chi connectivity index (χ0) is 40.0. The monoisotopic (exact) mass is 791 g/mol. The Morgan fingerprint density at radius 1 is 0.946 bits per heavy atom. The van der Waals surface area contributed by atoms with E-state index in [4.69, 9.17) is 4.74 Å². The van der Waals surface area contributed by atoms with Crippen LogP contribution in [0, 0.1) is 23.6 Å². The first-order valence-corrected chi connectivity index (χ1v) is 21.1. The molecule has 3 heterocycles. The number of alkyl carbamates (subject to hydrolysis) is 1. The van der Waals surface area contributed by atoms with Crippen LogP contribution >= 0.6 is 0 Å². The van der Waals surface area contributed by atoms with Crippen LogP contribution in [0.15, 0.2) is 60.7 Å². The third kappa shape index (κ3) is 8.33. The Labute approximate surface area is 326 Å². The molecule has 3 N–H and O–H groups in total. The molecule has 2 saturated carbocycles. The Morgan fingerprint density at radius 2 is 1.70 bits per heavy atom. The molecule has 0 radical (unpaired) electrons. The maximum Gasteiger partial charge on any atom is 0.408 e. The Balaban J connectivity index is 1.19. The van der Waals surface area contributed by atoms with Gasteiger partial charge in [-0.05, 0) is 82.6 Å². The Kier molecular flexibility index (Phi) is 10.8. The molecule has 0 unspecified atom stereocenters. The van der Waals surface area contributed by atoms with Crippen LogP contribution in [0.5, 0.6) is 0 Å². The molecule has 5 amide bonds. The molecule has 15 heteroatoms. The van der Waals surface area contributed by atoms with E-state index in [2.05, 4.69) is 15.4 Å². The summed E-state index contributed by atoms with van der Waals surface area (Å²) in [6, 6.07) is 11.4. The fraction of sp³-hybridized carbons (Fsp3) is 0.537. The van der Waals surface area contributed by atoms with Crippen LogP contribution in [-0.2, 0) is 29.1 Å². The van der Waals surface area contributed by atoms with Crippen molar-refractivity contribution in [1.82, 2.24) is 25.2 Å². The summed E-state index contributed by atoms with van der Waals surface area (Å²) in [7, 11) is -3.94. The van der Waals surface area contributed by atoms with Crippen molar-refractivity contribution in [1.29, 1.82) is 0 Å². The number of allylic oxidation sites excluding steroid dienone is 1. The van der Waals surface area contributed by atoms with Gasteiger partial charge in [-0.15, -0.1) is 0 Å². The molecule has 0 aromatic heterocycles. The van der Waals surface area contributed by atoms with Crippen molar-refractivity contribution < 1.29 is 41.5 Å². The Morgan fingerprint density at radius 3 is 2.41 bits per heavy atom. The summed E-state index contributed by atoms with van der Waals surface area (Å²) < 4.78 is 48.8. The molecule has 13 nitrogen and oxygen atoms in total. The van der Waals surface area contributed by atoms with Gasteiger partial charge in [-0.3, -0.25) is 23.9 Å². The molecule has 2 saturated heterocycles. The molecule has 6 atom stereocenters. The number of rotatable bonds is 6. The molecule has 7 rings (SSSR count). The van der Waals surface area contributed by atoms with Gasteiger partial charge in [0.2, 0.25) is 21.8 Å². The molecule has 5 aliphatic rings. The van der Waals surface area contributed by atoms with E-state index < -0.39 is 91.8 Å². The van der Waals surface area contributed by atoms with E-state index in [0.29, 0.717) is 31.2 Å². The van der Waals surface area contributed by atoms with Crippen molar-refractivity contribution in [2.45, 2.75) is 101 Å². The van der Waals surface area contributed by atoms with Crippen LogP contribution in [0.2, 0.25) is 0 Å². The Hall–Kier alpha value is -4.79. The van der Waals surface area contributed by atoms with Crippen molar-refractivity contribution >= 4 is 39.7 Å². The number of halogens is 1. The number of hydrogen-bond acceptors (Lipinski definition) is 8. The normalized spacial score (nSPS) is 28.8. The van der Waals surface area contributed by atoms with Crippen molar-refractivity contribution in [3.8, 4) is 11.1 Å². The second-order valence-corrected chi connectivity index (χ2v) is 18.8. The molecule has 300 valence electrons. The van der Waals surface area contributed by atoms with Crippen LogP contribution in [0.1, 0.15) is 82.5 Å². The fourth-order valence-electron chi connectivity index (χ4n) is 8.36. The van der Waals surface area contributed by atoms with Crippen LogP contribution in [-0.4, -0.2) is 96.0 Å². The van der Waals surface area contributed by atoms with Crippen LogP contribution in [0.4, 0.5) is 9.18 Å². The number of amides is 5. The number of fused-ring (bicyclic) bond motifs is 4. The van der Waals surface area contributed by atoms with Crippen LogP contribution < -0.4 is 15.4 Å². The SMILES string of the molecule is CC(C)(C)OC(=O)N[C@@H]1CCCCC/C=C\[C@@H]2C[C@@]2(C(=O)NS(=O)(=O)C2CC2)NC(=O)[C@@H]2[C@H]3CN(C(=O)c4cc(-c5ccccc5)ccc4F)C[C@H]3CN2C1=O. The minimum absolute atomic E-state index is 0.0170. The fourth-order valence-corrected chi connectivity index (χ4v) is 9.72. The molecular formula is C41H50FN5O8S. The number of sulfonamides is 1. The molecular weight excluding hydrogens is 742 g/mol. The number of carbonyl (C=O) groups excluding carboxylic acids is 5. The van der Waals surface area contributed by atoms with Crippen molar-refractivity contribution in [2.75, 3.05) is 19.6 Å². The van der Waals surface area contributed by atoms with Crippen molar-refractivity contribution in [3.63, 3.8) is 0 Å². The largest absolute Gasteiger partial charge is 0.444 e. The maximum absolute atomic E-state index is 15.3. The van der Waals surface area contributed by atoms with Gasteiger partial charge in [0.05, 0.1) is 10.8 Å². The molecule has 4 fully saturated rings. The first kappa shape index (κ1) is 39.4. The van der Waals surface area contributed by atoms with Crippen LogP contribution in [0.25, 0.3) is 11.1 Å². The van der Waals surface area contributed by atoms with Gasteiger partial charge in [0.1, 0.15) is 29.0 Å². The van der Waals surface area contributed by atoms with Crippen molar-refractivity contribution in [3.05, 3.63) is 72.1 Å². The van der Waals surface area contributed by atoms with E-state index in [1.54, 1.807) is 26.8 Å². The van der Waals surface area contributed by atoms with Gasteiger partial charge in [-0.1, -0.05) is 61.4 Å². The number of carbonyl (C=O) groups is 5. The zero-order valence-electron chi connectivity index (χ0n) is 32.0. The second kappa shape index (κ2) is 15.3. The third-order valence-corrected chi connectivity index (χ3v) is 13.3. The third-order valence-electron chi connectivity index (χ3n) is 11.5. The number of likely N-dealkylation sites (tertiary alicyclic amines) is 1. The summed E-state index contributed by atoms with van der Waals surface area (Å²) in [5, 5.41) is 4.96. The highest BCUT2D eigenvalue weighted by Crippen LogP contribution is 2.47. The molecule has 2 aromatic rings. The molecule has 56 heavy (non-hydrogen) atoms. The van der Waals surface area contributed by atoms with Gasteiger partial charge in [0, 0.05) is 37.4 Å². The minimum atomic E-state index is -3.94. The van der Waals surface area contributed by atoms with Gasteiger partial charge < -0.3 is 25.2 Å². The van der Waals surface area contributed by atoms with E-state index in [9.17, 15) is 32.4 Å². The number of nitrogens with zero attached hydrogens (tertiary/aromatic N) is 2. The summed E-state index contributed by atoms with van der Waals surface area (Å²) >= 11 is 0. The first-order valence-electron chi connectivity index (χ1n) is 19.6. The lowest BCUT2D eigenvalue weighted by atomic mass is 9.93. The van der Waals surface area contributed by atoms with Gasteiger partial charge in [0.25, 0.3) is 11.8 Å². The molecule has 0 spiro atoms.